The number of benzene rings is 3. The molecule has 1 aliphatic carbocycles. The monoisotopic (exact) mass is 475 g/mol. The predicted octanol–water partition coefficient (Wildman–Crippen LogP) is 6.15. The van der Waals surface area contributed by atoms with Gasteiger partial charge in [-0.2, -0.15) is 0 Å². The Hall–Kier alpha value is -3.25. The highest BCUT2D eigenvalue weighted by atomic mass is 32.2. The minimum absolute atomic E-state index is 0.172. The number of para-hydroxylation sites is 1. The molecule has 176 valence electrons. The molecular weight excluding hydrogens is 446 g/mol. The quantitative estimate of drug-likeness (QED) is 0.411. The van der Waals surface area contributed by atoms with Crippen molar-refractivity contribution in [2.45, 2.75) is 49.6 Å². The lowest BCUT2D eigenvalue weighted by molar-refractivity contribution is 0.159. The first kappa shape index (κ1) is 22.5. The SMILES string of the molecule is COc1cc(C2CC2)ccc1S(=O)(=O)N(Cc1ccc2c(c1)C=CC(C)(C)O2)c1ccccc1. The van der Waals surface area contributed by atoms with Gasteiger partial charge in [-0.1, -0.05) is 36.4 Å². The van der Waals surface area contributed by atoms with Crippen LogP contribution in [0.3, 0.4) is 0 Å². The lowest BCUT2D eigenvalue weighted by Gasteiger charge is -2.29. The summed E-state index contributed by atoms with van der Waals surface area (Å²) >= 11 is 0. The Kier molecular flexibility index (Phi) is 5.64. The van der Waals surface area contributed by atoms with Gasteiger partial charge in [-0.05, 0) is 86.2 Å². The summed E-state index contributed by atoms with van der Waals surface area (Å²) in [5, 5.41) is 0. The molecule has 0 aromatic heterocycles. The number of fused-ring (bicyclic) bond motifs is 1. The summed E-state index contributed by atoms with van der Waals surface area (Å²) in [7, 11) is -2.37. The van der Waals surface area contributed by atoms with E-state index in [4.69, 9.17) is 9.47 Å². The van der Waals surface area contributed by atoms with E-state index in [1.165, 1.54) is 11.4 Å². The van der Waals surface area contributed by atoms with Gasteiger partial charge in [0, 0.05) is 5.56 Å². The molecule has 0 bridgehead atoms. The molecule has 0 spiro atoms. The number of hydrogen-bond acceptors (Lipinski definition) is 4. The molecule has 3 aromatic carbocycles. The largest absolute Gasteiger partial charge is 0.495 e. The van der Waals surface area contributed by atoms with Crippen molar-refractivity contribution in [1.29, 1.82) is 0 Å². The summed E-state index contributed by atoms with van der Waals surface area (Å²) in [4.78, 5) is 0.172. The minimum Gasteiger partial charge on any atom is -0.495 e. The molecule has 0 unspecified atom stereocenters. The van der Waals surface area contributed by atoms with E-state index >= 15 is 0 Å². The smallest absolute Gasteiger partial charge is 0.268 e. The molecule has 3 aromatic rings. The van der Waals surface area contributed by atoms with Crippen LogP contribution in [-0.2, 0) is 16.6 Å². The minimum atomic E-state index is -3.90. The fraction of sp³-hybridized carbons (Fsp3) is 0.286. The molecule has 1 heterocycles. The Labute approximate surface area is 201 Å². The summed E-state index contributed by atoms with van der Waals surface area (Å²) in [6.45, 7) is 4.20. The number of ether oxygens (including phenoxy) is 2. The highest BCUT2D eigenvalue weighted by Gasteiger charge is 2.31. The molecule has 1 fully saturated rings. The topological polar surface area (TPSA) is 55.8 Å². The molecule has 1 aliphatic heterocycles. The van der Waals surface area contributed by atoms with Crippen molar-refractivity contribution >= 4 is 21.8 Å². The number of hydrogen-bond donors (Lipinski definition) is 0. The third-order valence-electron chi connectivity index (χ3n) is 6.29. The highest BCUT2D eigenvalue weighted by molar-refractivity contribution is 7.92. The Morgan fingerprint density at radius 3 is 2.50 bits per heavy atom. The molecule has 0 atom stereocenters. The first-order chi connectivity index (χ1) is 16.3. The fourth-order valence-electron chi connectivity index (χ4n) is 4.29. The lowest BCUT2D eigenvalue weighted by Crippen LogP contribution is -2.31. The van der Waals surface area contributed by atoms with Gasteiger partial charge in [0.2, 0.25) is 0 Å². The van der Waals surface area contributed by atoms with E-state index in [1.54, 1.807) is 6.07 Å². The summed E-state index contributed by atoms with van der Waals surface area (Å²) in [5.74, 6) is 1.68. The van der Waals surface area contributed by atoms with E-state index in [1.807, 2.05) is 86.7 Å². The number of nitrogens with zero attached hydrogens (tertiary/aromatic N) is 1. The number of rotatable bonds is 7. The van der Waals surface area contributed by atoms with Gasteiger partial charge >= 0.3 is 0 Å². The number of sulfonamides is 1. The molecular formula is C28H29NO4S. The van der Waals surface area contributed by atoms with Crippen molar-refractivity contribution in [2.24, 2.45) is 0 Å². The van der Waals surface area contributed by atoms with Gasteiger partial charge in [0.1, 0.15) is 22.0 Å². The van der Waals surface area contributed by atoms with Crippen LogP contribution in [0.5, 0.6) is 11.5 Å². The van der Waals surface area contributed by atoms with E-state index in [9.17, 15) is 8.42 Å². The molecule has 5 rings (SSSR count). The molecule has 0 saturated heterocycles. The maximum atomic E-state index is 14.0. The van der Waals surface area contributed by atoms with E-state index < -0.39 is 10.0 Å². The Morgan fingerprint density at radius 2 is 1.79 bits per heavy atom. The Morgan fingerprint density at radius 1 is 1.03 bits per heavy atom. The normalized spacial score (nSPS) is 16.4. The standard InChI is InChI=1S/C28H29NO4S/c1-28(2)16-15-23-17-20(9-13-25(23)33-28)19-29(24-7-5-4-6-8-24)34(30,31)27-14-12-22(21-10-11-21)18-26(27)32-3/h4-9,12-18,21H,10-11,19H2,1-3H3. The van der Waals surface area contributed by atoms with Crippen LogP contribution in [0.4, 0.5) is 5.69 Å². The van der Waals surface area contributed by atoms with Crippen LogP contribution in [0.2, 0.25) is 0 Å². The van der Waals surface area contributed by atoms with Crippen LogP contribution >= 0.6 is 0 Å². The summed E-state index contributed by atoms with van der Waals surface area (Å²) in [5.41, 5.74) is 3.17. The Balaban J connectivity index is 1.54. The van der Waals surface area contributed by atoms with Crippen LogP contribution in [-0.4, -0.2) is 21.1 Å². The van der Waals surface area contributed by atoms with Gasteiger partial charge < -0.3 is 9.47 Å². The molecule has 5 nitrogen and oxygen atoms in total. The van der Waals surface area contributed by atoms with Gasteiger partial charge in [0.25, 0.3) is 10.0 Å². The lowest BCUT2D eigenvalue weighted by atomic mass is 10.0. The van der Waals surface area contributed by atoms with Crippen molar-refractivity contribution in [3.8, 4) is 11.5 Å². The van der Waals surface area contributed by atoms with Crippen molar-refractivity contribution in [3.63, 3.8) is 0 Å². The first-order valence-corrected chi connectivity index (χ1v) is 13.0. The van der Waals surface area contributed by atoms with Gasteiger partial charge in [-0.3, -0.25) is 4.31 Å². The van der Waals surface area contributed by atoms with Gasteiger partial charge in [-0.25, -0.2) is 8.42 Å². The summed E-state index contributed by atoms with van der Waals surface area (Å²) in [6.07, 6.45) is 6.32. The van der Waals surface area contributed by atoms with E-state index in [-0.39, 0.29) is 17.0 Å². The highest BCUT2D eigenvalue weighted by Crippen LogP contribution is 2.43. The molecule has 0 N–H and O–H groups in total. The van der Waals surface area contributed by atoms with E-state index in [0.29, 0.717) is 17.4 Å². The second kappa shape index (κ2) is 8.51. The summed E-state index contributed by atoms with van der Waals surface area (Å²) < 4.78 is 41.0. The van der Waals surface area contributed by atoms with Crippen molar-refractivity contribution in [3.05, 3.63) is 89.5 Å². The maximum Gasteiger partial charge on any atom is 0.268 e. The average molecular weight is 476 g/mol. The van der Waals surface area contributed by atoms with Gasteiger partial charge in [0.05, 0.1) is 19.3 Å². The zero-order valence-electron chi connectivity index (χ0n) is 19.7. The second-order valence-electron chi connectivity index (χ2n) is 9.44. The van der Waals surface area contributed by atoms with Crippen LogP contribution in [0.25, 0.3) is 6.08 Å². The van der Waals surface area contributed by atoms with Crippen LogP contribution in [0.1, 0.15) is 49.3 Å². The molecule has 2 aliphatic rings. The van der Waals surface area contributed by atoms with Crippen LogP contribution in [0.15, 0.2) is 77.7 Å². The van der Waals surface area contributed by atoms with Gasteiger partial charge in [0.15, 0.2) is 0 Å². The third-order valence-corrected chi connectivity index (χ3v) is 8.10. The molecule has 1 saturated carbocycles. The molecule has 0 amide bonds. The van der Waals surface area contributed by atoms with Crippen LogP contribution < -0.4 is 13.8 Å². The maximum absolute atomic E-state index is 14.0. The van der Waals surface area contributed by atoms with Crippen molar-refractivity contribution in [2.75, 3.05) is 11.4 Å². The number of anilines is 1. The number of methoxy groups -OCH3 is 1. The summed E-state index contributed by atoms with van der Waals surface area (Å²) in [6, 6.07) is 20.5. The predicted molar refractivity (Wildman–Crippen MR) is 135 cm³/mol. The fourth-order valence-corrected chi connectivity index (χ4v) is 5.88. The zero-order valence-corrected chi connectivity index (χ0v) is 20.5. The Bertz CT molecular complexity index is 1340. The molecule has 0 radical (unpaired) electrons. The zero-order chi connectivity index (χ0) is 23.9. The molecule has 34 heavy (non-hydrogen) atoms. The average Bonchev–Trinajstić information content (AvgIpc) is 3.68. The van der Waals surface area contributed by atoms with E-state index in [0.717, 1.165) is 35.3 Å². The molecule has 6 heteroatoms. The third kappa shape index (κ3) is 4.42. The first-order valence-electron chi connectivity index (χ1n) is 11.5. The van der Waals surface area contributed by atoms with Gasteiger partial charge in [-0.15, -0.1) is 0 Å². The van der Waals surface area contributed by atoms with Crippen molar-refractivity contribution in [1.82, 2.24) is 0 Å². The van der Waals surface area contributed by atoms with E-state index in [2.05, 4.69) is 0 Å². The second-order valence-corrected chi connectivity index (χ2v) is 11.3. The van der Waals surface area contributed by atoms with Crippen molar-refractivity contribution < 1.29 is 17.9 Å². The van der Waals surface area contributed by atoms with Crippen LogP contribution in [0, 0.1) is 0 Å².